The number of carbonyl (C=O) groups is 1. The Morgan fingerprint density at radius 1 is 1.43 bits per heavy atom. The van der Waals surface area contributed by atoms with Gasteiger partial charge in [0, 0.05) is 25.1 Å². The van der Waals surface area contributed by atoms with Crippen LogP contribution >= 0.6 is 0 Å². The van der Waals surface area contributed by atoms with Crippen LogP contribution in [0.1, 0.15) is 31.4 Å². The first-order valence-corrected chi connectivity index (χ1v) is 7.25. The molecule has 1 unspecified atom stereocenters. The minimum atomic E-state index is -0.333. The van der Waals surface area contributed by atoms with Crippen molar-refractivity contribution in [1.82, 2.24) is 4.90 Å². The summed E-state index contributed by atoms with van der Waals surface area (Å²) in [4.78, 5) is 13.8. The topological polar surface area (TPSA) is 46.3 Å². The summed E-state index contributed by atoms with van der Waals surface area (Å²) in [6.07, 6.45) is 0.590. The second-order valence-corrected chi connectivity index (χ2v) is 5.84. The fraction of sp³-hybridized carbons (Fsp3) is 0.471. The van der Waals surface area contributed by atoms with Crippen molar-refractivity contribution in [3.05, 3.63) is 35.1 Å². The van der Waals surface area contributed by atoms with E-state index in [0.717, 1.165) is 12.1 Å². The highest BCUT2D eigenvalue weighted by atomic mass is 19.1. The van der Waals surface area contributed by atoms with Gasteiger partial charge < -0.3 is 10.6 Å². The third-order valence-corrected chi connectivity index (χ3v) is 3.85. The molecule has 1 amide bonds. The van der Waals surface area contributed by atoms with Gasteiger partial charge in [0.05, 0.1) is 6.54 Å². The van der Waals surface area contributed by atoms with Gasteiger partial charge in [-0.2, -0.15) is 0 Å². The summed E-state index contributed by atoms with van der Waals surface area (Å²) >= 11 is 0. The van der Waals surface area contributed by atoms with E-state index >= 15 is 0 Å². The smallest absolute Gasteiger partial charge is 0.223 e. The fourth-order valence-corrected chi connectivity index (χ4v) is 2.59. The molecule has 2 N–H and O–H groups in total. The number of hydrogen-bond acceptors (Lipinski definition) is 2. The van der Waals surface area contributed by atoms with Crippen LogP contribution in [0.25, 0.3) is 0 Å². The molecule has 0 aliphatic carbocycles. The van der Waals surface area contributed by atoms with E-state index in [9.17, 15) is 9.18 Å². The van der Waals surface area contributed by atoms with Gasteiger partial charge in [-0.25, -0.2) is 4.39 Å². The number of likely N-dealkylation sites (tertiary alicyclic amines) is 1. The van der Waals surface area contributed by atoms with Crippen LogP contribution in [0, 0.1) is 29.5 Å². The Labute approximate surface area is 125 Å². The predicted molar refractivity (Wildman–Crippen MR) is 80.7 cm³/mol. The van der Waals surface area contributed by atoms with Crippen molar-refractivity contribution < 1.29 is 9.18 Å². The Bertz CT molecular complexity index is 586. The van der Waals surface area contributed by atoms with Gasteiger partial charge in [-0.3, -0.25) is 4.79 Å². The SMILES string of the molecule is CC(C)C1CC(=O)N(Cc2cc(F)cc(C#CCN)c2)C1. The lowest BCUT2D eigenvalue weighted by atomic mass is 9.95. The first kappa shape index (κ1) is 15.5. The molecule has 1 heterocycles. The molecular weight excluding hydrogens is 267 g/mol. The summed E-state index contributed by atoms with van der Waals surface area (Å²) in [5, 5.41) is 0. The van der Waals surface area contributed by atoms with E-state index in [1.807, 2.05) is 6.07 Å². The van der Waals surface area contributed by atoms with Gasteiger partial charge >= 0.3 is 0 Å². The molecule has 2 rings (SSSR count). The Morgan fingerprint density at radius 3 is 2.81 bits per heavy atom. The van der Waals surface area contributed by atoms with Gasteiger partial charge in [-0.15, -0.1) is 0 Å². The number of nitrogens with zero attached hydrogens (tertiary/aromatic N) is 1. The molecule has 0 bridgehead atoms. The minimum Gasteiger partial charge on any atom is -0.338 e. The van der Waals surface area contributed by atoms with Crippen molar-refractivity contribution >= 4 is 5.91 Å². The molecule has 1 aliphatic heterocycles. The molecule has 112 valence electrons. The lowest BCUT2D eigenvalue weighted by molar-refractivity contribution is -0.128. The predicted octanol–water partition coefficient (Wildman–Crippen LogP) is 2.14. The van der Waals surface area contributed by atoms with Gasteiger partial charge in [0.15, 0.2) is 0 Å². The molecule has 21 heavy (non-hydrogen) atoms. The van der Waals surface area contributed by atoms with E-state index in [2.05, 4.69) is 25.7 Å². The van der Waals surface area contributed by atoms with Gasteiger partial charge in [-0.05, 0) is 35.6 Å². The molecule has 0 aromatic heterocycles. The molecule has 1 atom stereocenters. The summed E-state index contributed by atoms with van der Waals surface area (Å²) in [6.45, 7) is 5.69. The standard InChI is InChI=1S/C17H21FN2O/c1-12(2)15-9-17(21)20(11-15)10-14-6-13(4-3-5-19)7-16(18)8-14/h6-8,12,15H,5,9-11,19H2,1-2H3. The number of halogens is 1. The Balaban J connectivity index is 2.13. The third-order valence-electron chi connectivity index (χ3n) is 3.85. The van der Waals surface area contributed by atoms with Crippen LogP contribution in [-0.2, 0) is 11.3 Å². The molecule has 0 radical (unpaired) electrons. The molecule has 1 aromatic carbocycles. The first-order chi connectivity index (χ1) is 9.99. The van der Waals surface area contributed by atoms with E-state index in [4.69, 9.17) is 5.73 Å². The van der Waals surface area contributed by atoms with E-state index in [0.29, 0.717) is 30.4 Å². The Hall–Kier alpha value is -1.86. The monoisotopic (exact) mass is 288 g/mol. The van der Waals surface area contributed by atoms with Crippen molar-refractivity contribution in [2.24, 2.45) is 17.6 Å². The van der Waals surface area contributed by atoms with Crippen LogP contribution in [0.15, 0.2) is 18.2 Å². The Morgan fingerprint density at radius 2 is 2.19 bits per heavy atom. The van der Waals surface area contributed by atoms with Gasteiger partial charge in [0.1, 0.15) is 5.82 Å². The van der Waals surface area contributed by atoms with E-state index < -0.39 is 0 Å². The van der Waals surface area contributed by atoms with Gasteiger partial charge in [0.2, 0.25) is 5.91 Å². The largest absolute Gasteiger partial charge is 0.338 e. The average Bonchev–Trinajstić information content (AvgIpc) is 2.77. The zero-order valence-corrected chi connectivity index (χ0v) is 12.5. The molecule has 1 aliphatic rings. The van der Waals surface area contributed by atoms with Crippen molar-refractivity contribution in [2.75, 3.05) is 13.1 Å². The molecular formula is C17H21FN2O. The first-order valence-electron chi connectivity index (χ1n) is 7.25. The lowest BCUT2D eigenvalue weighted by Gasteiger charge is -2.18. The molecule has 1 aromatic rings. The van der Waals surface area contributed by atoms with Gasteiger partial charge in [0.25, 0.3) is 0 Å². The highest BCUT2D eigenvalue weighted by Crippen LogP contribution is 2.26. The number of carbonyl (C=O) groups excluding carboxylic acids is 1. The van der Waals surface area contributed by atoms with E-state index in [1.54, 1.807) is 4.90 Å². The highest BCUT2D eigenvalue weighted by Gasteiger charge is 2.31. The Kier molecular flexibility index (Phi) is 4.98. The normalized spacial score (nSPS) is 18.0. The molecule has 1 fully saturated rings. The maximum absolute atomic E-state index is 13.6. The minimum absolute atomic E-state index is 0.146. The number of hydrogen-bond donors (Lipinski definition) is 1. The van der Waals surface area contributed by atoms with E-state index in [-0.39, 0.29) is 18.3 Å². The van der Waals surface area contributed by atoms with Crippen LogP contribution in [-0.4, -0.2) is 23.9 Å². The van der Waals surface area contributed by atoms with Crippen LogP contribution in [0.5, 0.6) is 0 Å². The summed E-state index contributed by atoms with van der Waals surface area (Å²) in [5.74, 6) is 6.23. The third kappa shape index (κ3) is 4.05. The molecule has 3 nitrogen and oxygen atoms in total. The van der Waals surface area contributed by atoms with Crippen molar-refractivity contribution in [1.29, 1.82) is 0 Å². The molecule has 4 heteroatoms. The van der Waals surface area contributed by atoms with Crippen molar-refractivity contribution in [2.45, 2.75) is 26.8 Å². The number of amides is 1. The lowest BCUT2D eigenvalue weighted by Crippen LogP contribution is -2.25. The number of rotatable bonds is 3. The summed E-state index contributed by atoms with van der Waals surface area (Å²) in [5.41, 5.74) is 6.70. The summed E-state index contributed by atoms with van der Waals surface area (Å²) in [7, 11) is 0. The maximum atomic E-state index is 13.6. The zero-order valence-electron chi connectivity index (χ0n) is 12.5. The van der Waals surface area contributed by atoms with Crippen molar-refractivity contribution in [3.8, 4) is 11.8 Å². The molecule has 1 saturated heterocycles. The van der Waals surface area contributed by atoms with Crippen LogP contribution in [0.4, 0.5) is 4.39 Å². The van der Waals surface area contributed by atoms with Crippen LogP contribution < -0.4 is 5.73 Å². The second-order valence-electron chi connectivity index (χ2n) is 5.84. The molecule has 0 saturated carbocycles. The zero-order chi connectivity index (χ0) is 15.4. The van der Waals surface area contributed by atoms with Crippen molar-refractivity contribution in [3.63, 3.8) is 0 Å². The van der Waals surface area contributed by atoms with Crippen LogP contribution in [0.3, 0.4) is 0 Å². The quantitative estimate of drug-likeness (QED) is 0.866. The fourth-order valence-electron chi connectivity index (χ4n) is 2.59. The summed E-state index contributed by atoms with van der Waals surface area (Å²) in [6, 6.07) is 4.67. The summed E-state index contributed by atoms with van der Waals surface area (Å²) < 4.78 is 13.6. The highest BCUT2D eigenvalue weighted by molar-refractivity contribution is 5.78. The number of nitrogens with two attached hydrogens (primary N) is 1. The molecule has 0 spiro atoms. The maximum Gasteiger partial charge on any atom is 0.223 e. The van der Waals surface area contributed by atoms with E-state index in [1.165, 1.54) is 12.1 Å². The van der Waals surface area contributed by atoms with Gasteiger partial charge in [-0.1, -0.05) is 25.7 Å². The average molecular weight is 288 g/mol. The van der Waals surface area contributed by atoms with Crippen LogP contribution in [0.2, 0.25) is 0 Å². The number of benzene rings is 1. The second kappa shape index (κ2) is 6.73.